The van der Waals surface area contributed by atoms with Gasteiger partial charge in [-0.25, -0.2) is 9.78 Å². The Morgan fingerprint density at radius 2 is 2.14 bits per heavy atom. The van der Waals surface area contributed by atoms with Gasteiger partial charge in [0.2, 0.25) is 5.91 Å². The second-order valence-corrected chi connectivity index (χ2v) is 8.47. The number of fused-ring (bicyclic) bond motifs is 2. The van der Waals surface area contributed by atoms with Crippen LogP contribution in [0.3, 0.4) is 0 Å². The number of aromatic nitrogens is 2. The topological polar surface area (TPSA) is 121 Å². The average Bonchev–Trinajstić information content (AvgIpc) is 3.11. The van der Waals surface area contributed by atoms with Crippen molar-refractivity contribution in [1.29, 1.82) is 0 Å². The SMILES string of the molecule is C[C@@H](O)[C@H]1C(=O)N2C(C(=O)O)=C(SCCc3cn4cc(N)ccc4n3)[C@H](C)[C@H]12. The minimum Gasteiger partial charge on any atom is -0.477 e. The lowest BCUT2D eigenvalue weighted by Crippen LogP contribution is -2.63. The third kappa shape index (κ3) is 2.85. The zero-order chi connectivity index (χ0) is 20.2. The third-order valence-corrected chi connectivity index (χ3v) is 6.74. The van der Waals surface area contributed by atoms with Crippen molar-refractivity contribution in [2.45, 2.75) is 32.4 Å². The molecule has 8 nitrogen and oxygen atoms in total. The zero-order valence-electron chi connectivity index (χ0n) is 15.6. The summed E-state index contributed by atoms with van der Waals surface area (Å²) < 4.78 is 1.87. The van der Waals surface area contributed by atoms with Crippen molar-refractivity contribution in [1.82, 2.24) is 14.3 Å². The van der Waals surface area contributed by atoms with Crippen molar-refractivity contribution in [3.05, 3.63) is 40.8 Å². The highest BCUT2D eigenvalue weighted by molar-refractivity contribution is 8.03. The molecular formula is C19H22N4O4S. The first-order valence-corrected chi connectivity index (χ1v) is 10.1. The fourth-order valence-electron chi connectivity index (χ4n) is 4.16. The van der Waals surface area contributed by atoms with E-state index in [0.717, 1.165) is 11.3 Å². The lowest BCUT2D eigenvalue weighted by molar-refractivity contribution is -0.163. The summed E-state index contributed by atoms with van der Waals surface area (Å²) in [5.41, 5.74) is 8.20. The maximum Gasteiger partial charge on any atom is 0.353 e. The van der Waals surface area contributed by atoms with E-state index < -0.39 is 18.0 Å². The van der Waals surface area contributed by atoms with Gasteiger partial charge in [0.05, 0.1) is 23.8 Å². The van der Waals surface area contributed by atoms with Gasteiger partial charge in [-0.2, -0.15) is 0 Å². The molecule has 148 valence electrons. The molecule has 28 heavy (non-hydrogen) atoms. The first-order chi connectivity index (χ1) is 13.3. The van der Waals surface area contributed by atoms with Gasteiger partial charge in [0, 0.05) is 41.1 Å². The number of anilines is 1. The van der Waals surface area contributed by atoms with Crippen LogP contribution in [0.5, 0.6) is 0 Å². The highest BCUT2D eigenvalue weighted by Crippen LogP contribution is 2.50. The molecule has 2 aliphatic heterocycles. The fourth-order valence-corrected chi connectivity index (χ4v) is 5.42. The molecule has 4 atom stereocenters. The van der Waals surface area contributed by atoms with Crippen molar-refractivity contribution in [2.75, 3.05) is 11.5 Å². The Morgan fingerprint density at radius 1 is 1.39 bits per heavy atom. The highest BCUT2D eigenvalue weighted by atomic mass is 32.2. The number of aryl methyl sites for hydroxylation is 1. The standard InChI is InChI=1S/C19H22N4O4S/c1-9-15-14(10(2)24)18(25)23(15)16(19(26)27)17(9)28-6-5-12-8-22-7-11(20)3-4-13(22)21-12/h3-4,7-10,14-15,24H,5-6,20H2,1-2H3,(H,26,27)/t9-,10-,14-,15-/m1/s1. The molecule has 2 aromatic heterocycles. The van der Waals surface area contributed by atoms with E-state index in [-0.39, 0.29) is 23.6 Å². The van der Waals surface area contributed by atoms with E-state index in [1.54, 1.807) is 19.2 Å². The number of pyridine rings is 1. The number of carbonyl (C=O) groups is 2. The minimum atomic E-state index is -1.10. The predicted octanol–water partition coefficient (Wildman–Crippen LogP) is 1.35. The van der Waals surface area contributed by atoms with Crippen LogP contribution in [0.25, 0.3) is 5.65 Å². The highest BCUT2D eigenvalue weighted by Gasteiger charge is 2.59. The number of carboxylic acids is 1. The molecule has 0 unspecified atom stereocenters. The molecule has 1 saturated heterocycles. The third-order valence-electron chi connectivity index (χ3n) is 5.45. The largest absolute Gasteiger partial charge is 0.477 e. The van der Waals surface area contributed by atoms with Crippen molar-refractivity contribution in [2.24, 2.45) is 11.8 Å². The van der Waals surface area contributed by atoms with E-state index >= 15 is 0 Å². The summed E-state index contributed by atoms with van der Waals surface area (Å²) in [4.78, 5) is 30.7. The molecule has 2 aromatic rings. The van der Waals surface area contributed by atoms with Crippen LogP contribution < -0.4 is 5.73 Å². The number of rotatable bonds is 6. The number of hydrogen-bond acceptors (Lipinski definition) is 6. The second kappa shape index (κ2) is 6.82. The first kappa shape index (κ1) is 18.8. The minimum absolute atomic E-state index is 0.0622. The second-order valence-electron chi connectivity index (χ2n) is 7.33. The number of nitrogen functional groups attached to an aromatic ring is 1. The van der Waals surface area contributed by atoms with Crippen LogP contribution >= 0.6 is 11.8 Å². The van der Waals surface area contributed by atoms with Crippen LogP contribution in [-0.4, -0.2) is 54.3 Å². The van der Waals surface area contributed by atoms with Crippen LogP contribution in [0.2, 0.25) is 0 Å². The number of nitrogens with two attached hydrogens (primary N) is 1. The number of nitrogens with zero attached hydrogens (tertiary/aromatic N) is 3. The molecule has 9 heteroatoms. The molecule has 4 rings (SSSR count). The van der Waals surface area contributed by atoms with Crippen molar-refractivity contribution in [3.63, 3.8) is 0 Å². The summed E-state index contributed by atoms with van der Waals surface area (Å²) in [7, 11) is 0. The van der Waals surface area contributed by atoms with Crippen LogP contribution in [-0.2, 0) is 16.0 Å². The van der Waals surface area contributed by atoms with Gasteiger partial charge in [-0.15, -0.1) is 11.8 Å². The van der Waals surface area contributed by atoms with Crippen LogP contribution in [0.1, 0.15) is 19.5 Å². The quantitative estimate of drug-likeness (QED) is 0.624. The van der Waals surface area contributed by atoms with Gasteiger partial charge in [-0.3, -0.25) is 4.79 Å². The first-order valence-electron chi connectivity index (χ1n) is 9.14. The number of hydrogen-bond donors (Lipinski definition) is 3. The van der Waals surface area contributed by atoms with Crippen molar-refractivity contribution < 1.29 is 19.8 Å². The molecule has 0 saturated carbocycles. The van der Waals surface area contributed by atoms with Gasteiger partial charge in [-0.05, 0) is 19.1 Å². The molecule has 0 spiro atoms. The number of aliphatic hydroxyl groups is 1. The van der Waals surface area contributed by atoms with Gasteiger partial charge in [0.1, 0.15) is 11.3 Å². The smallest absolute Gasteiger partial charge is 0.353 e. The van der Waals surface area contributed by atoms with Crippen molar-refractivity contribution in [3.8, 4) is 0 Å². The Hall–Kier alpha value is -2.52. The van der Waals surface area contributed by atoms with Crippen molar-refractivity contribution >= 4 is 35.0 Å². The summed E-state index contributed by atoms with van der Waals surface area (Å²) in [6.45, 7) is 3.50. The van der Waals surface area contributed by atoms with Gasteiger partial charge < -0.3 is 25.2 Å². The fraction of sp³-hybridized carbons (Fsp3) is 0.421. The van der Waals surface area contributed by atoms with Crippen LogP contribution in [0.4, 0.5) is 5.69 Å². The summed E-state index contributed by atoms with van der Waals surface area (Å²) in [6.07, 6.45) is 3.58. The Kier molecular flexibility index (Phi) is 4.59. The summed E-state index contributed by atoms with van der Waals surface area (Å²) in [5, 5.41) is 19.5. The predicted molar refractivity (Wildman–Crippen MR) is 105 cm³/mol. The number of carbonyl (C=O) groups excluding carboxylic acids is 1. The Labute approximate surface area is 166 Å². The van der Waals surface area contributed by atoms with E-state index in [9.17, 15) is 19.8 Å². The zero-order valence-corrected chi connectivity index (χ0v) is 16.4. The van der Waals surface area contributed by atoms with E-state index in [0.29, 0.717) is 22.8 Å². The molecule has 4 heterocycles. The van der Waals surface area contributed by atoms with E-state index in [1.165, 1.54) is 16.7 Å². The van der Waals surface area contributed by atoms with Crippen LogP contribution in [0, 0.1) is 11.8 Å². The van der Waals surface area contributed by atoms with Gasteiger partial charge in [0.15, 0.2) is 0 Å². The average molecular weight is 402 g/mol. The van der Waals surface area contributed by atoms with E-state index in [2.05, 4.69) is 4.98 Å². The maximum absolute atomic E-state index is 12.3. The molecular weight excluding hydrogens is 380 g/mol. The molecule has 1 fully saturated rings. The summed E-state index contributed by atoms with van der Waals surface area (Å²) >= 11 is 1.45. The molecule has 0 bridgehead atoms. The Bertz CT molecular complexity index is 999. The molecule has 2 aliphatic rings. The lowest BCUT2D eigenvalue weighted by atomic mass is 9.79. The molecule has 4 N–H and O–H groups in total. The monoisotopic (exact) mass is 402 g/mol. The number of β-lactam (4-membered cyclic amide) rings is 1. The summed E-state index contributed by atoms with van der Waals surface area (Å²) in [6, 6.07) is 3.37. The number of aliphatic hydroxyl groups excluding tert-OH is 1. The number of amides is 1. The molecule has 0 radical (unpaired) electrons. The van der Waals surface area contributed by atoms with Gasteiger partial charge >= 0.3 is 5.97 Å². The molecule has 0 aromatic carbocycles. The number of aliphatic carboxylic acids is 1. The normalized spacial score (nSPS) is 25.2. The molecule has 1 amide bonds. The number of carboxylic acid groups (broad SMARTS) is 1. The van der Waals surface area contributed by atoms with E-state index in [4.69, 9.17) is 5.73 Å². The number of imidazole rings is 1. The van der Waals surface area contributed by atoms with E-state index in [1.807, 2.05) is 23.6 Å². The Morgan fingerprint density at radius 3 is 2.82 bits per heavy atom. The maximum atomic E-state index is 12.3. The summed E-state index contributed by atoms with van der Waals surface area (Å²) in [5.74, 6) is -1.42. The van der Waals surface area contributed by atoms with Crippen LogP contribution in [0.15, 0.2) is 35.1 Å². The Balaban J connectivity index is 1.50. The molecule has 0 aliphatic carbocycles. The van der Waals surface area contributed by atoms with Gasteiger partial charge in [0.25, 0.3) is 0 Å². The van der Waals surface area contributed by atoms with Gasteiger partial charge in [-0.1, -0.05) is 6.92 Å². The number of thioether (sulfide) groups is 1. The lowest BCUT2D eigenvalue weighted by Gasteiger charge is -2.46.